The molecule has 1 N–H and O–H groups in total. The fourth-order valence-electron chi connectivity index (χ4n) is 1.71. The van der Waals surface area contributed by atoms with Crippen molar-refractivity contribution in [2.24, 2.45) is 0 Å². The fourth-order valence-corrected chi connectivity index (χ4v) is 2.39. The molecule has 0 spiro atoms. The molecule has 0 saturated heterocycles. The molecule has 2 rings (SSSR count). The summed E-state index contributed by atoms with van der Waals surface area (Å²) in [6.45, 7) is 4.33. The van der Waals surface area contributed by atoms with Gasteiger partial charge in [-0.25, -0.2) is 0 Å². The molecular formula is C14H16OS. The van der Waals surface area contributed by atoms with Crippen LogP contribution in [0.5, 0.6) is 0 Å². The van der Waals surface area contributed by atoms with Crippen LogP contribution in [-0.2, 0) is 0 Å². The minimum absolute atomic E-state index is 0.495. The Morgan fingerprint density at radius 3 is 2.44 bits per heavy atom. The van der Waals surface area contributed by atoms with E-state index in [0.29, 0.717) is 5.92 Å². The second kappa shape index (κ2) is 4.81. The van der Waals surface area contributed by atoms with Gasteiger partial charge >= 0.3 is 0 Å². The maximum atomic E-state index is 10.2. The van der Waals surface area contributed by atoms with Gasteiger partial charge in [0.05, 0.1) is 0 Å². The van der Waals surface area contributed by atoms with E-state index in [1.54, 1.807) is 11.3 Å². The van der Waals surface area contributed by atoms with E-state index >= 15 is 0 Å². The molecule has 84 valence electrons. The van der Waals surface area contributed by atoms with Crippen molar-refractivity contribution in [3.05, 3.63) is 57.8 Å². The third-order valence-corrected chi connectivity index (χ3v) is 3.45. The van der Waals surface area contributed by atoms with Crippen LogP contribution >= 0.6 is 11.3 Å². The van der Waals surface area contributed by atoms with E-state index < -0.39 is 6.10 Å². The van der Waals surface area contributed by atoms with Gasteiger partial charge in [-0.1, -0.05) is 38.1 Å². The summed E-state index contributed by atoms with van der Waals surface area (Å²) < 4.78 is 0. The molecular weight excluding hydrogens is 216 g/mol. The molecule has 1 unspecified atom stereocenters. The van der Waals surface area contributed by atoms with Gasteiger partial charge in [-0.15, -0.1) is 0 Å². The summed E-state index contributed by atoms with van der Waals surface area (Å²) in [4.78, 5) is 0. The molecule has 0 aliphatic rings. The lowest BCUT2D eigenvalue weighted by Crippen LogP contribution is -1.99. The Kier molecular flexibility index (Phi) is 3.42. The van der Waals surface area contributed by atoms with Crippen molar-refractivity contribution in [3.63, 3.8) is 0 Å². The van der Waals surface area contributed by atoms with E-state index in [-0.39, 0.29) is 0 Å². The van der Waals surface area contributed by atoms with Gasteiger partial charge in [0.2, 0.25) is 0 Å². The van der Waals surface area contributed by atoms with Gasteiger partial charge in [0, 0.05) is 0 Å². The van der Waals surface area contributed by atoms with Crippen LogP contribution in [0.2, 0.25) is 0 Å². The summed E-state index contributed by atoms with van der Waals surface area (Å²) in [5.74, 6) is 0.495. The molecule has 0 radical (unpaired) electrons. The monoisotopic (exact) mass is 232 g/mol. The number of aliphatic hydroxyl groups is 1. The Morgan fingerprint density at radius 1 is 1.06 bits per heavy atom. The Labute approximate surface area is 100 Å². The molecule has 0 saturated carbocycles. The summed E-state index contributed by atoms with van der Waals surface area (Å²) in [7, 11) is 0. The van der Waals surface area contributed by atoms with Crippen molar-refractivity contribution in [2.45, 2.75) is 25.9 Å². The maximum Gasteiger partial charge on any atom is 0.105 e. The minimum Gasteiger partial charge on any atom is -0.384 e. The zero-order valence-corrected chi connectivity index (χ0v) is 10.4. The molecule has 0 aliphatic carbocycles. The molecule has 2 heteroatoms. The van der Waals surface area contributed by atoms with Gasteiger partial charge in [-0.05, 0) is 39.4 Å². The first-order valence-corrected chi connectivity index (χ1v) is 6.43. The summed E-state index contributed by atoms with van der Waals surface area (Å²) in [6.07, 6.45) is -0.495. The molecule has 1 aromatic heterocycles. The highest BCUT2D eigenvalue weighted by molar-refractivity contribution is 7.07. The molecule has 16 heavy (non-hydrogen) atoms. The van der Waals surface area contributed by atoms with Gasteiger partial charge in [-0.3, -0.25) is 0 Å². The Bertz CT molecular complexity index is 446. The van der Waals surface area contributed by atoms with Crippen molar-refractivity contribution in [1.29, 1.82) is 0 Å². The van der Waals surface area contributed by atoms with Gasteiger partial charge in [0.15, 0.2) is 0 Å². The minimum atomic E-state index is -0.495. The Hall–Kier alpha value is -1.12. The third-order valence-electron chi connectivity index (χ3n) is 2.75. The van der Waals surface area contributed by atoms with Gasteiger partial charge in [0.1, 0.15) is 6.10 Å². The summed E-state index contributed by atoms with van der Waals surface area (Å²) in [6, 6.07) is 10.2. The van der Waals surface area contributed by atoms with Crippen molar-refractivity contribution >= 4 is 11.3 Å². The van der Waals surface area contributed by atoms with Gasteiger partial charge in [-0.2, -0.15) is 11.3 Å². The van der Waals surface area contributed by atoms with Crippen LogP contribution < -0.4 is 0 Å². The van der Waals surface area contributed by atoms with Crippen LogP contribution in [0.15, 0.2) is 41.1 Å². The molecule has 0 amide bonds. The second-order valence-electron chi connectivity index (χ2n) is 4.28. The van der Waals surface area contributed by atoms with Gasteiger partial charge in [0.25, 0.3) is 0 Å². The van der Waals surface area contributed by atoms with Crippen LogP contribution in [0.1, 0.15) is 42.6 Å². The number of thiophene rings is 1. The SMILES string of the molecule is CC(C)c1cccc(C(O)c2ccsc2)c1. The largest absolute Gasteiger partial charge is 0.384 e. The normalized spacial score (nSPS) is 13.0. The predicted molar refractivity (Wildman–Crippen MR) is 68.9 cm³/mol. The first-order chi connectivity index (χ1) is 7.68. The lowest BCUT2D eigenvalue weighted by molar-refractivity contribution is 0.220. The smallest absolute Gasteiger partial charge is 0.105 e. The summed E-state index contributed by atoms with van der Waals surface area (Å²) in [5.41, 5.74) is 3.22. The lowest BCUT2D eigenvalue weighted by atomic mass is 9.97. The Balaban J connectivity index is 2.30. The van der Waals surface area contributed by atoms with Crippen molar-refractivity contribution in [3.8, 4) is 0 Å². The quantitative estimate of drug-likeness (QED) is 0.849. The molecule has 1 heterocycles. The predicted octanol–water partition coefficient (Wildman–Crippen LogP) is 3.95. The molecule has 0 bridgehead atoms. The summed E-state index contributed by atoms with van der Waals surface area (Å²) in [5, 5.41) is 14.2. The number of rotatable bonds is 3. The van der Waals surface area contributed by atoms with Crippen molar-refractivity contribution < 1.29 is 5.11 Å². The van der Waals surface area contributed by atoms with Crippen LogP contribution in [0.3, 0.4) is 0 Å². The number of hydrogen-bond acceptors (Lipinski definition) is 2. The van der Waals surface area contributed by atoms with E-state index in [9.17, 15) is 5.11 Å². The maximum absolute atomic E-state index is 10.2. The highest BCUT2D eigenvalue weighted by Crippen LogP contribution is 2.26. The average Bonchev–Trinajstić information content (AvgIpc) is 2.81. The van der Waals surface area contributed by atoms with E-state index in [2.05, 4.69) is 26.0 Å². The van der Waals surface area contributed by atoms with E-state index in [1.165, 1.54) is 5.56 Å². The molecule has 1 aromatic carbocycles. The zero-order valence-electron chi connectivity index (χ0n) is 9.55. The Morgan fingerprint density at radius 2 is 1.81 bits per heavy atom. The average molecular weight is 232 g/mol. The number of hydrogen-bond donors (Lipinski definition) is 1. The van der Waals surface area contributed by atoms with E-state index in [0.717, 1.165) is 11.1 Å². The molecule has 0 aliphatic heterocycles. The molecule has 1 atom stereocenters. The van der Waals surface area contributed by atoms with Crippen LogP contribution in [0.25, 0.3) is 0 Å². The highest BCUT2D eigenvalue weighted by atomic mass is 32.1. The molecule has 2 aromatic rings. The molecule has 1 nitrogen and oxygen atoms in total. The molecule has 0 fully saturated rings. The van der Waals surface area contributed by atoms with Crippen LogP contribution in [0, 0.1) is 0 Å². The van der Waals surface area contributed by atoms with Crippen LogP contribution in [-0.4, -0.2) is 5.11 Å². The number of benzene rings is 1. The third kappa shape index (κ3) is 2.34. The second-order valence-corrected chi connectivity index (χ2v) is 5.06. The number of aliphatic hydroxyl groups excluding tert-OH is 1. The standard InChI is InChI=1S/C14H16OS/c1-10(2)11-4-3-5-12(8-11)14(15)13-6-7-16-9-13/h3-10,14-15H,1-2H3. The van der Waals surface area contributed by atoms with Crippen molar-refractivity contribution in [2.75, 3.05) is 0 Å². The van der Waals surface area contributed by atoms with Crippen LogP contribution in [0.4, 0.5) is 0 Å². The summed E-state index contributed by atoms with van der Waals surface area (Å²) >= 11 is 1.61. The van der Waals surface area contributed by atoms with E-state index in [1.807, 2.05) is 29.0 Å². The van der Waals surface area contributed by atoms with E-state index in [4.69, 9.17) is 0 Å². The zero-order chi connectivity index (χ0) is 11.5. The fraction of sp³-hybridized carbons (Fsp3) is 0.286. The lowest BCUT2D eigenvalue weighted by Gasteiger charge is -2.12. The topological polar surface area (TPSA) is 20.2 Å². The van der Waals surface area contributed by atoms with Crippen molar-refractivity contribution in [1.82, 2.24) is 0 Å². The first kappa shape index (κ1) is 11.4. The highest BCUT2D eigenvalue weighted by Gasteiger charge is 2.11. The first-order valence-electron chi connectivity index (χ1n) is 5.48. The van der Waals surface area contributed by atoms with Gasteiger partial charge < -0.3 is 5.11 Å².